The van der Waals surface area contributed by atoms with Gasteiger partial charge in [0.1, 0.15) is 0 Å². The number of aryl methyl sites for hydroxylation is 1. The van der Waals surface area contributed by atoms with E-state index in [9.17, 15) is 4.79 Å². The van der Waals surface area contributed by atoms with Crippen molar-refractivity contribution >= 4 is 5.97 Å². The van der Waals surface area contributed by atoms with E-state index in [4.69, 9.17) is 9.05 Å². The first-order valence-electron chi connectivity index (χ1n) is 6.13. The van der Waals surface area contributed by atoms with Crippen LogP contribution in [-0.2, 0) is 4.74 Å². The first-order chi connectivity index (χ1) is 10.2. The number of carbonyl (C=O) groups excluding carboxylic acids is 1. The summed E-state index contributed by atoms with van der Waals surface area (Å²) in [6, 6.07) is 8.47. The predicted molar refractivity (Wildman–Crippen MR) is 71.3 cm³/mol. The molecule has 21 heavy (non-hydrogen) atoms. The number of methoxy groups -OCH3 is 1. The molecule has 7 nitrogen and oxygen atoms in total. The van der Waals surface area contributed by atoms with Crippen molar-refractivity contribution in [3.63, 3.8) is 0 Å². The number of rotatable bonds is 3. The summed E-state index contributed by atoms with van der Waals surface area (Å²) in [7, 11) is 1.33. The lowest BCUT2D eigenvalue weighted by Crippen LogP contribution is -2.00. The zero-order chi connectivity index (χ0) is 14.8. The Labute approximate surface area is 119 Å². The van der Waals surface area contributed by atoms with Gasteiger partial charge in [0, 0.05) is 11.6 Å². The molecule has 0 bridgehead atoms. The molecule has 0 N–H and O–H groups in total. The minimum atomic E-state index is -0.425. The SMILES string of the molecule is COC(=O)c1cccc(-c2noc(-c3cc(C)no3)n2)c1. The Morgan fingerprint density at radius 1 is 1.19 bits per heavy atom. The molecule has 1 aromatic carbocycles. The van der Waals surface area contributed by atoms with Crippen molar-refractivity contribution in [1.29, 1.82) is 0 Å². The van der Waals surface area contributed by atoms with E-state index in [-0.39, 0.29) is 5.89 Å². The molecule has 7 heteroatoms. The van der Waals surface area contributed by atoms with Gasteiger partial charge in [-0.15, -0.1) is 0 Å². The fourth-order valence-corrected chi connectivity index (χ4v) is 1.81. The fraction of sp³-hybridized carbons (Fsp3) is 0.143. The Balaban J connectivity index is 1.95. The van der Waals surface area contributed by atoms with Crippen molar-refractivity contribution in [2.24, 2.45) is 0 Å². The molecule has 0 unspecified atom stereocenters. The zero-order valence-corrected chi connectivity index (χ0v) is 11.4. The fourth-order valence-electron chi connectivity index (χ4n) is 1.81. The Kier molecular flexibility index (Phi) is 3.23. The number of esters is 1. The minimum Gasteiger partial charge on any atom is -0.465 e. The van der Waals surface area contributed by atoms with Crippen molar-refractivity contribution in [2.75, 3.05) is 7.11 Å². The average Bonchev–Trinajstić information content (AvgIpc) is 3.15. The maximum Gasteiger partial charge on any atom is 0.337 e. The number of nitrogens with zero attached hydrogens (tertiary/aromatic N) is 3. The molecular formula is C14H11N3O4. The average molecular weight is 285 g/mol. The number of ether oxygens (including phenoxy) is 1. The Hall–Kier alpha value is -2.96. The third-order valence-corrected chi connectivity index (χ3v) is 2.81. The summed E-state index contributed by atoms with van der Waals surface area (Å²) in [4.78, 5) is 15.7. The van der Waals surface area contributed by atoms with Crippen LogP contribution >= 0.6 is 0 Å². The van der Waals surface area contributed by atoms with Gasteiger partial charge in [-0.1, -0.05) is 22.4 Å². The number of carbonyl (C=O) groups is 1. The summed E-state index contributed by atoms with van der Waals surface area (Å²) in [5, 5.41) is 7.63. The second-order valence-corrected chi connectivity index (χ2v) is 4.33. The molecule has 2 heterocycles. The van der Waals surface area contributed by atoms with E-state index in [1.54, 1.807) is 37.3 Å². The lowest BCUT2D eigenvalue weighted by molar-refractivity contribution is 0.0601. The second kappa shape index (κ2) is 5.20. The van der Waals surface area contributed by atoms with Gasteiger partial charge < -0.3 is 13.8 Å². The number of hydrogen-bond donors (Lipinski definition) is 0. The highest BCUT2D eigenvalue weighted by Crippen LogP contribution is 2.23. The van der Waals surface area contributed by atoms with Crippen LogP contribution in [0.3, 0.4) is 0 Å². The molecule has 106 valence electrons. The smallest absolute Gasteiger partial charge is 0.337 e. The van der Waals surface area contributed by atoms with Crippen LogP contribution in [0.15, 0.2) is 39.4 Å². The van der Waals surface area contributed by atoms with E-state index >= 15 is 0 Å². The van der Waals surface area contributed by atoms with Gasteiger partial charge in [0.05, 0.1) is 18.4 Å². The van der Waals surface area contributed by atoms with E-state index in [2.05, 4.69) is 20.0 Å². The van der Waals surface area contributed by atoms with Crippen LogP contribution in [0.2, 0.25) is 0 Å². The van der Waals surface area contributed by atoms with Gasteiger partial charge in [-0.3, -0.25) is 0 Å². The van der Waals surface area contributed by atoms with Gasteiger partial charge in [-0.2, -0.15) is 4.98 Å². The molecule has 0 aliphatic heterocycles. The normalized spacial score (nSPS) is 10.6. The van der Waals surface area contributed by atoms with Crippen LogP contribution < -0.4 is 0 Å². The summed E-state index contributed by atoms with van der Waals surface area (Å²) in [6.45, 7) is 1.80. The van der Waals surface area contributed by atoms with Crippen LogP contribution in [0.1, 0.15) is 16.1 Å². The molecule has 0 spiro atoms. The van der Waals surface area contributed by atoms with E-state index in [1.165, 1.54) is 7.11 Å². The third-order valence-electron chi connectivity index (χ3n) is 2.81. The van der Waals surface area contributed by atoms with Gasteiger partial charge in [-0.25, -0.2) is 4.79 Å². The zero-order valence-electron chi connectivity index (χ0n) is 11.4. The molecule has 3 rings (SSSR count). The van der Waals surface area contributed by atoms with Crippen molar-refractivity contribution < 1.29 is 18.6 Å². The van der Waals surface area contributed by atoms with Crippen LogP contribution in [-0.4, -0.2) is 28.4 Å². The molecule has 0 amide bonds. The van der Waals surface area contributed by atoms with Crippen molar-refractivity contribution in [1.82, 2.24) is 15.3 Å². The maximum absolute atomic E-state index is 11.5. The highest BCUT2D eigenvalue weighted by Gasteiger charge is 2.15. The number of hydrogen-bond acceptors (Lipinski definition) is 7. The monoisotopic (exact) mass is 285 g/mol. The molecule has 0 radical (unpaired) electrons. The molecule has 0 aliphatic rings. The van der Waals surface area contributed by atoms with Crippen molar-refractivity contribution in [3.8, 4) is 23.0 Å². The topological polar surface area (TPSA) is 91.2 Å². The van der Waals surface area contributed by atoms with Crippen LogP contribution in [0, 0.1) is 6.92 Å². The Morgan fingerprint density at radius 3 is 2.76 bits per heavy atom. The predicted octanol–water partition coefficient (Wildman–Crippen LogP) is 2.49. The van der Waals surface area contributed by atoms with Crippen LogP contribution in [0.4, 0.5) is 0 Å². The van der Waals surface area contributed by atoms with Crippen LogP contribution in [0.25, 0.3) is 23.0 Å². The summed E-state index contributed by atoms with van der Waals surface area (Å²) in [5.41, 5.74) is 1.78. The van der Waals surface area contributed by atoms with Crippen molar-refractivity contribution in [2.45, 2.75) is 6.92 Å². The third kappa shape index (κ3) is 2.53. The Morgan fingerprint density at radius 2 is 2.05 bits per heavy atom. The molecule has 3 aromatic rings. The molecule has 0 atom stereocenters. The summed E-state index contributed by atoms with van der Waals surface area (Å²) in [5.74, 6) is 0.556. The maximum atomic E-state index is 11.5. The molecular weight excluding hydrogens is 274 g/mol. The summed E-state index contributed by atoms with van der Waals surface area (Å²) >= 11 is 0. The standard InChI is InChI=1S/C14H11N3O4/c1-8-6-11(20-16-8)13-15-12(17-21-13)9-4-3-5-10(7-9)14(18)19-2/h3-7H,1-2H3. The van der Waals surface area contributed by atoms with Gasteiger partial charge in [0.25, 0.3) is 5.89 Å². The molecule has 0 fully saturated rings. The molecule has 0 aliphatic carbocycles. The largest absolute Gasteiger partial charge is 0.465 e. The lowest BCUT2D eigenvalue weighted by atomic mass is 10.1. The minimum absolute atomic E-state index is 0.231. The first kappa shape index (κ1) is 13.0. The van der Waals surface area contributed by atoms with Gasteiger partial charge in [0.15, 0.2) is 0 Å². The van der Waals surface area contributed by atoms with E-state index in [1.807, 2.05) is 0 Å². The summed E-state index contributed by atoms with van der Waals surface area (Å²) in [6.07, 6.45) is 0. The van der Waals surface area contributed by atoms with E-state index in [0.29, 0.717) is 22.7 Å². The lowest BCUT2D eigenvalue weighted by Gasteiger charge is -2.00. The highest BCUT2D eigenvalue weighted by molar-refractivity contribution is 5.90. The van der Waals surface area contributed by atoms with E-state index in [0.717, 1.165) is 5.69 Å². The molecule has 0 saturated heterocycles. The molecule has 2 aromatic heterocycles. The molecule has 0 saturated carbocycles. The second-order valence-electron chi connectivity index (χ2n) is 4.33. The van der Waals surface area contributed by atoms with Gasteiger partial charge in [-0.05, 0) is 19.1 Å². The Bertz CT molecular complexity index is 791. The number of aromatic nitrogens is 3. The van der Waals surface area contributed by atoms with E-state index < -0.39 is 5.97 Å². The quantitative estimate of drug-likeness (QED) is 0.682. The van der Waals surface area contributed by atoms with Gasteiger partial charge >= 0.3 is 5.97 Å². The van der Waals surface area contributed by atoms with Crippen LogP contribution in [0.5, 0.6) is 0 Å². The highest BCUT2D eigenvalue weighted by atomic mass is 16.5. The van der Waals surface area contributed by atoms with Crippen molar-refractivity contribution in [3.05, 3.63) is 41.6 Å². The first-order valence-corrected chi connectivity index (χ1v) is 6.13. The summed E-state index contributed by atoms with van der Waals surface area (Å²) < 4.78 is 14.9. The number of benzene rings is 1. The van der Waals surface area contributed by atoms with Gasteiger partial charge in [0.2, 0.25) is 11.6 Å².